The molecule has 0 amide bonds. The van der Waals surface area contributed by atoms with Gasteiger partial charge in [0.25, 0.3) is 0 Å². The van der Waals surface area contributed by atoms with Gasteiger partial charge in [0.15, 0.2) is 5.75 Å². The molecule has 8 nitrogen and oxygen atoms in total. The number of carbonyl (C=O) groups excluding carboxylic acids is 1. The van der Waals surface area contributed by atoms with Crippen LogP contribution in [0.15, 0.2) is 18.2 Å². The number of hydrogen-bond donors (Lipinski definition) is 2. The maximum Gasteiger partial charge on any atom is 0.339 e. The molecular formula is C17H23NO7S. The Kier molecular flexibility index (Phi) is 5.80. The first-order valence-corrected chi connectivity index (χ1v) is 9.83. The fraction of sp³-hybridized carbons (Fsp3) is 0.529. The molecule has 2 rings (SSSR count). The SMILES string of the molecule is CC(C)(C)OC(=O)CS(=O)(=O)Nc1ccc(C(=O)O)c(OCC2CC2)c1. The quantitative estimate of drug-likeness (QED) is 0.659. The third-order valence-electron chi connectivity index (χ3n) is 3.38. The third-order valence-corrected chi connectivity index (χ3v) is 4.55. The summed E-state index contributed by atoms with van der Waals surface area (Å²) in [7, 11) is -4.00. The normalized spacial score (nSPS) is 14.6. The number of benzene rings is 1. The van der Waals surface area contributed by atoms with Gasteiger partial charge in [-0.1, -0.05) is 0 Å². The van der Waals surface area contributed by atoms with Crippen molar-refractivity contribution in [2.75, 3.05) is 17.1 Å². The Balaban J connectivity index is 2.10. The summed E-state index contributed by atoms with van der Waals surface area (Å²) in [6.45, 7) is 5.30. The van der Waals surface area contributed by atoms with E-state index in [0.717, 1.165) is 12.8 Å². The molecule has 144 valence electrons. The van der Waals surface area contributed by atoms with Gasteiger partial charge in [0.1, 0.15) is 16.9 Å². The Hall–Kier alpha value is -2.29. The first-order valence-electron chi connectivity index (χ1n) is 8.18. The highest BCUT2D eigenvalue weighted by molar-refractivity contribution is 7.93. The van der Waals surface area contributed by atoms with Crippen LogP contribution >= 0.6 is 0 Å². The van der Waals surface area contributed by atoms with Crippen molar-refractivity contribution in [1.82, 2.24) is 0 Å². The minimum absolute atomic E-state index is 0.0549. The van der Waals surface area contributed by atoms with Crippen LogP contribution in [0.25, 0.3) is 0 Å². The average molecular weight is 385 g/mol. The molecule has 0 radical (unpaired) electrons. The molecule has 9 heteroatoms. The molecule has 1 aromatic rings. The van der Waals surface area contributed by atoms with Gasteiger partial charge in [-0.25, -0.2) is 13.2 Å². The summed E-state index contributed by atoms with van der Waals surface area (Å²) in [5.74, 6) is -2.40. The predicted octanol–water partition coefficient (Wildman–Crippen LogP) is 2.26. The van der Waals surface area contributed by atoms with E-state index in [1.54, 1.807) is 20.8 Å². The van der Waals surface area contributed by atoms with E-state index in [-0.39, 0.29) is 17.0 Å². The van der Waals surface area contributed by atoms with Crippen molar-refractivity contribution in [3.05, 3.63) is 23.8 Å². The summed E-state index contributed by atoms with van der Waals surface area (Å²) in [4.78, 5) is 23.0. The molecule has 1 saturated carbocycles. The lowest BCUT2D eigenvalue weighted by atomic mass is 10.2. The minimum atomic E-state index is -4.00. The maximum absolute atomic E-state index is 12.1. The number of rotatable bonds is 8. The number of esters is 1. The second-order valence-corrected chi connectivity index (χ2v) is 8.94. The van der Waals surface area contributed by atoms with Crippen molar-refractivity contribution in [3.63, 3.8) is 0 Å². The van der Waals surface area contributed by atoms with Crippen molar-refractivity contribution in [3.8, 4) is 5.75 Å². The molecule has 1 fully saturated rings. The minimum Gasteiger partial charge on any atom is -0.492 e. The number of carbonyl (C=O) groups is 2. The first-order chi connectivity index (χ1) is 12.0. The van der Waals surface area contributed by atoms with E-state index in [0.29, 0.717) is 12.5 Å². The zero-order valence-corrected chi connectivity index (χ0v) is 15.8. The summed E-state index contributed by atoms with van der Waals surface area (Å²) in [5.41, 5.74) is -0.732. The highest BCUT2D eigenvalue weighted by atomic mass is 32.2. The molecule has 2 N–H and O–H groups in total. The molecule has 0 unspecified atom stereocenters. The first kappa shape index (κ1) is 20.0. The monoisotopic (exact) mass is 385 g/mol. The van der Waals surface area contributed by atoms with Crippen molar-refractivity contribution >= 4 is 27.6 Å². The fourth-order valence-corrected chi connectivity index (χ4v) is 3.04. The number of ether oxygens (including phenoxy) is 2. The second-order valence-electron chi connectivity index (χ2n) is 7.22. The van der Waals surface area contributed by atoms with Crippen LogP contribution in [0, 0.1) is 5.92 Å². The Morgan fingerprint density at radius 1 is 1.27 bits per heavy atom. The van der Waals surface area contributed by atoms with Gasteiger partial charge >= 0.3 is 11.9 Å². The van der Waals surface area contributed by atoms with Crippen LogP contribution in [0.1, 0.15) is 44.0 Å². The Morgan fingerprint density at radius 3 is 2.46 bits per heavy atom. The highest BCUT2D eigenvalue weighted by Gasteiger charge is 2.25. The van der Waals surface area contributed by atoms with Gasteiger partial charge in [-0.15, -0.1) is 0 Å². The number of carboxylic acid groups (broad SMARTS) is 1. The Morgan fingerprint density at radius 2 is 1.92 bits per heavy atom. The van der Waals surface area contributed by atoms with Gasteiger partial charge in [-0.05, 0) is 51.7 Å². The summed E-state index contributed by atoms with van der Waals surface area (Å²) >= 11 is 0. The lowest BCUT2D eigenvalue weighted by Gasteiger charge is -2.19. The number of anilines is 1. The van der Waals surface area contributed by atoms with E-state index < -0.39 is 33.3 Å². The summed E-state index contributed by atoms with van der Waals surface area (Å²) in [5, 5.41) is 9.22. The van der Waals surface area contributed by atoms with Crippen LogP contribution < -0.4 is 9.46 Å². The molecule has 0 atom stereocenters. The van der Waals surface area contributed by atoms with Crippen molar-refractivity contribution in [1.29, 1.82) is 0 Å². The van der Waals surface area contributed by atoms with Crippen LogP contribution in [-0.4, -0.2) is 43.4 Å². The third kappa shape index (κ3) is 6.55. The van der Waals surface area contributed by atoms with E-state index in [9.17, 15) is 23.1 Å². The maximum atomic E-state index is 12.1. The summed E-state index contributed by atoms with van der Waals surface area (Å²) in [6, 6.07) is 3.87. The lowest BCUT2D eigenvalue weighted by molar-refractivity contribution is -0.151. The van der Waals surface area contributed by atoms with E-state index in [1.165, 1.54) is 18.2 Å². The van der Waals surface area contributed by atoms with Gasteiger partial charge < -0.3 is 14.6 Å². The van der Waals surface area contributed by atoms with Gasteiger partial charge in [-0.2, -0.15) is 0 Å². The predicted molar refractivity (Wildman–Crippen MR) is 94.9 cm³/mol. The standard InChI is InChI=1S/C17H23NO7S/c1-17(2,3)25-15(19)10-26(22,23)18-12-6-7-13(16(20)21)14(8-12)24-9-11-4-5-11/h6-8,11,18H,4-5,9-10H2,1-3H3,(H,20,21). The second kappa shape index (κ2) is 7.53. The molecular weight excluding hydrogens is 362 g/mol. The van der Waals surface area contributed by atoms with E-state index in [4.69, 9.17) is 9.47 Å². The molecule has 1 aliphatic carbocycles. The van der Waals surface area contributed by atoms with Gasteiger partial charge in [0.2, 0.25) is 10.0 Å². The number of hydrogen-bond acceptors (Lipinski definition) is 6. The molecule has 26 heavy (non-hydrogen) atoms. The lowest BCUT2D eigenvalue weighted by Crippen LogP contribution is -2.30. The smallest absolute Gasteiger partial charge is 0.339 e. The molecule has 1 aromatic carbocycles. The van der Waals surface area contributed by atoms with Crippen molar-refractivity contribution in [2.45, 2.75) is 39.2 Å². The van der Waals surface area contributed by atoms with E-state index in [2.05, 4.69) is 4.72 Å². The molecule has 0 spiro atoms. The van der Waals surface area contributed by atoms with Crippen LogP contribution in [0.2, 0.25) is 0 Å². The molecule has 0 aromatic heterocycles. The van der Waals surface area contributed by atoms with Gasteiger partial charge in [0.05, 0.1) is 12.3 Å². The van der Waals surface area contributed by atoms with Crippen molar-refractivity contribution < 1.29 is 32.6 Å². The molecule has 0 bridgehead atoms. The highest BCUT2D eigenvalue weighted by Crippen LogP contribution is 2.31. The Bertz CT molecular complexity index is 792. The number of sulfonamides is 1. The number of carboxylic acids is 1. The zero-order chi connectivity index (χ0) is 19.5. The summed E-state index contributed by atoms with van der Waals surface area (Å²) in [6.07, 6.45) is 2.06. The largest absolute Gasteiger partial charge is 0.492 e. The van der Waals surface area contributed by atoms with Crippen LogP contribution in [0.5, 0.6) is 5.75 Å². The summed E-state index contributed by atoms with van der Waals surface area (Å²) < 4.78 is 37.0. The van der Waals surface area contributed by atoms with Gasteiger partial charge in [-0.3, -0.25) is 9.52 Å². The topological polar surface area (TPSA) is 119 Å². The van der Waals surface area contributed by atoms with E-state index in [1.807, 2.05) is 0 Å². The van der Waals surface area contributed by atoms with Gasteiger partial charge in [0, 0.05) is 6.07 Å². The Labute approximate surface area is 152 Å². The number of aromatic carboxylic acids is 1. The van der Waals surface area contributed by atoms with E-state index >= 15 is 0 Å². The number of nitrogens with one attached hydrogen (secondary N) is 1. The van der Waals surface area contributed by atoms with Crippen LogP contribution in [0.4, 0.5) is 5.69 Å². The fourth-order valence-electron chi connectivity index (χ4n) is 2.12. The average Bonchev–Trinajstić information content (AvgIpc) is 3.25. The zero-order valence-electron chi connectivity index (χ0n) is 14.9. The van der Waals surface area contributed by atoms with Crippen molar-refractivity contribution in [2.24, 2.45) is 5.92 Å². The van der Waals surface area contributed by atoms with Crippen LogP contribution in [-0.2, 0) is 19.6 Å². The molecule has 1 aliphatic rings. The molecule has 0 aliphatic heterocycles. The molecule has 0 heterocycles. The molecule has 0 saturated heterocycles. The van der Waals surface area contributed by atoms with Crippen LogP contribution in [0.3, 0.4) is 0 Å².